The van der Waals surface area contributed by atoms with Crippen molar-refractivity contribution in [2.24, 2.45) is 0 Å². The van der Waals surface area contributed by atoms with E-state index in [0.717, 1.165) is 5.69 Å². The second kappa shape index (κ2) is 8.31. The Hall–Kier alpha value is -1.59. The molecule has 1 heterocycles. The number of rotatable bonds is 6. The van der Waals surface area contributed by atoms with Gasteiger partial charge in [0.15, 0.2) is 0 Å². The summed E-state index contributed by atoms with van der Waals surface area (Å²) in [6.07, 6.45) is 0.358. The minimum absolute atomic E-state index is 0.0640. The van der Waals surface area contributed by atoms with E-state index in [4.69, 9.17) is 4.74 Å². The standard InChI is InChI=1S/C18H28N2O3/c1-4-17(21)12-19(16-8-6-5-7-9-16)13-18(22)20-10-14(2)23-15(3)11-20/h5-9,14-15,17,21H,4,10-13H2,1-3H3/t14-,15-,17-/m0/s1. The van der Waals surface area contributed by atoms with Crippen LogP contribution in [0.25, 0.3) is 0 Å². The molecular weight excluding hydrogens is 292 g/mol. The van der Waals surface area contributed by atoms with Crippen molar-refractivity contribution in [3.05, 3.63) is 30.3 Å². The van der Waals surface area contributed by atoms with E-state index >= 15 is 0 Å². The lowest BCUT2D eigenvalue weighted by Crippen LogP contribution is -2.51. The topological polar surface area (TPSA) is 53.0 Å². The number of amides is 1. The largest absolute Gasteiger partial charge is 0.391 e. The summed E-state index contributed by atoms with van der Waals surface area (Å²) in [5.41, 5.74) is 0.961. The van der Waals surface area contributed by atoms with E-state index in [2.05, 4.69) is 0 Å². The van der Waals surface area contributed by atoms with Crippen molar-refractivity contribution in [3.8, 4) is 0 Å². The van der Waals surface area contributed by atoms with Crippen molar-refractivity contribution in [2.75, 3.05) is 31.1 Å². The van der Waals surface area contributed by atoms with Crippen molar-refractivity contribution in [1.82, 2.24) is 4.90 Å². The van der Waals surface area contributed by atoms with Crippen molar-refractivity contribution in [2.45, 2.75) is 45.5 Å². The van der Waals surface area contributed by atoms with Gasteiger partial charge in [-0.3, -0.25) is 4.79 Å². The fourth-order valence-corrected chi connectivity index (χ4v) is 2.93. The Bertz CT molecular complexity index is 484. The third-order valence-electron chi connectivity index (χ3n) is 4.12. The summed E-state index contributed by atoms with van der Waals surface area (Å²) in [6.45, 7) is 7.92. The number of benzene rings is 1. The highest BCUT2D eigenvalue weighted by Gasteiger charge is 2.27. The van der Waals surface area contributed by atoms with Gasteiger partial charge in [-0.2, -0.15) is 0 Å². The molecule has 3 atom stereocenters. The molecule has 0 unspecified atom stereocenters. The maximum absolute atomic E-state index is 12.7. The van der Waals surface area contributed by atoms with Gasteiger partial charge in [-0.25, -0.2) is 0 Å². The van der Waals surface area contributed by atoms with E-state index in [-0.39, 0.29) is 24.7 Å². The Labute approximate surface area is 138 Å². The van der Waals surface area contributed by atoms with Gasteiger partial charge in [-0.05, 0) is 32.4 Å². The SMILES string of the molecule is CC[C@H](O)CN(CC(=O)N1C[C@H](C)O[C@@H](C)C1)c1ccccc1. The highest BCUT2D eigenvalue weighted by Crippen LogP contribution is 2.16. The third-order valence-corrected chi connectivity index (χ3v) is 4.12. The molecule has 1 aliphatic heterocycles. The van der Waals surface area contributed by atoms with Crippen LogP contribution < -0.4 is 4.90 Å². The number of hydrogen-bond donors (Lipinski definition) is 1. The molecule has 0 radical (unpaired) electrons. The summed E-state index contributed by atoms with van der Waals surface area (Å²) < 4.78 is 5.69. The molecule has 0 spiro atoms. The van der Waals surface area contributed by atoms with Gasteiger partial charge in [0.1, 0.15) is 0 Å². The molecule has 1 saturated heterocycles. The van der Waals surface area contributed by atoms with Crippen LogP contribution in [-0.4, -0.2) is 60.4 Å². The molecule has 1 fully saturated rings. The average Bonchev–Trinajstić information content (AvgIpc) is 2.53. The van der Waals surface area contributed by atoms with Gasteiger partial charge in [-0.15, -0.1) is 0 Å². The first-order chi connectivity index (χ1) is 11.0. The van der Waals surface area contributed by atoms with Crippen LogP contribution in [0.4, 0.5) is 5.69 Å². The number of nitrogens with zero attached hydrogens (tertiary/aromatic N) is 2. The summed E-state index contributed by atoms with van der Waals surface area (Å²) in [5.74, 6) is 0.0826. The summed E-state index contributed by atoms with van der Waals surface area (Å²) in [4.78, 5) is 16.5. The number of aliphatic hydroxyl groups excluding tert-OH is 1. The number of para-hydroxylation sites is 1. The lowest BCUT2D eigenvalue weighted by Gasteiger charge is -2.37. The molecule has 1 N–H and O–H groups in total. The van der Waals surface area contributed by atoms with E-state index < -0.39 is 6.10 Å². The molecule has 23 heavy (non-hydrogen) atoms. The molecule has 1 aliphatic rings. The van der Waals surface area contributed by atoms with Crippen LogP contribution in [0.2, 0.25) is 0 Å². The van der Waals surface area contributed by atoms with Crippen LogP contribution in [0.15, 0.2) is 30.3 Å². The molecule has 1 aromatic carbocycles. The second-order valence-electron chi connectivity index (χ2n) is 6.33. The summed E-state index contributed by atoms with van der Waals surface area (Å²) in [6, 6.07) is 9.79. The van der Waals surface area contributed by atoms with Gasteiger partial charge in [0, 0.05) is 25.3 Å². The number of aliphatic hydroxyl groups is 1. The summed E-state index contributed by atoms with van der Waals surface area (Å²) in [7, 11) is 0. The van der Waals surface area contributed by atoms with Gasteiger partial charge in [0.25, 0.3) is 0 Å². The van der Waals surface area contributed by atoms with Crippen LogP contribution in [0.1, 0.15) is 27.2 Å². The lowest BCUT2D eigenvalue weighted by atomic mass is 10.2. The highest BCUT2D eigenvalue weighted by molar-refractivity contribution is 5.81. The van der Waals surface area contributed by atoms with Crippen molar-refractivity contribution in [1.29, 1.82) is 0 Å². The number of hydrogen-bond acceptors (Lipinski definition) is 4. The first-order valence-electron chi connectivity index (χ1n) is 8.40. The highest BCUT2D eigenvalue weighted by atomic mass is 16.5. The maximum atomic E-state index is 12.7. The Kier molecular flexibility index (Phi) is 6.42. The van der Waals surface area contributed by atoms with E-state index in [1.165, 1.54) is 0 Å². The number of ether oxygens (including phenoxy) is 1. The fourth-order valence-electron chi connectivity index (χ4n) is 2.93. The van der Waals surface area contributed by atoms with Gasteiger partial charge >= 0.3 is 0 Å². The van der Waals surface area contributed by atoms with E-state index in [1.807, 2.05) is 60.9 Å². The first-order valence-corrected chi connectivity index (χ1v) is 8.40. The molecule has 0 aromatic heterocycles. The Morgan fingerprint density at radius 2 is 1.91 bits per heavy atom. The smallest absolute Gasteiger partial charge is 0.242 e. The normalized spacial score (nSPS) is 22.7. The first kappa shape index (κ1) is 17.8. The molecule has 1 aromatic rings. The third kappa shape index (κ3) is 5.22. The molecule has 2 rings (SSSR count). The maximum Gasteiger partial charge on any atom is 0.242 e. The molecule has 1 amide bonds. The van der Waals surface area contributed by atoms with Crippen LogP contribution in [-0.2, 0) is 9.53 Å². The monoisotopic (exact) mass is 320 g/mol. The quantitative estimate of drug-likeness (QED) is 0.870. The zero-order valence-electron chi connectivity index (χ0n) is 14.3. The summed E-state index contributed by atoms with van der Waals surface area (Å²) >= 11 is 0. The average molecular weight is 320 g/mol. The Morgan fingerprint density at radius 1 is 1.30 bits per heavy atom. The van der Waals surface area contributed by atoms with Crippen LogP contribution >= 0.6 is 0 Å². The molecular formula is C18H28N2O3. The minimum atomic E-state index is -0.439. The van der Waals surface area contributed by atoms with Crippen molar-refractivity contribution >= 4 is 11.6 Å². The van der Waals surface area contributed by atoms with Gasteiger partial charge in [0.05, 0.1) is 24.9 Å². The molecule has 0 aliphatic carbocycles. The summed E-state index contributed by atoms with van der Waals surface area (Å²) in [5, 5.41) is 10.0. The molecule has 0 saturated carbocycles. The van der Waals surface area contributed by atoms with Gasteiger partial charge < -0.3 is 19.6 Å². The molecule has 5 heteroatoms. The predicted molar refractivity (Wildman–Crippen MR) is 91.5 cm³/mol. The van der Waals surface area contributed by atoms with Crippen molar-refractivity contribution < 1.29 is 14.6 Å². The van der Waals surface area contributed by atoms with E-state index in [9.17, 15) is 9.90 Å². The second-order valence-corrected chi connectivity index (χ2v) is 6.33. The number of carbonyl (C=O) groups excluding carboxylic acids is 1. The molecule has 128 valence electrons. The minimum Gasteiger partial charge on any atom is -0.391 e. The zero-order chi connectivity index (χ0) is 16.8. The van der Waals surface area contributed by atoms with Crippen LogP contribution in [0.3, 0.4) is 0 Å². The number of anilines is 1. The number of carbonyl (C=O) groups is 1. The Balaban J connectivity index is 2.06. The lowest BCUT2D eigenvalue weighted by molar-refractivity contribution is -0.141. The molecule has 5 nitrogen and oxygen atoms in total. The van der Waals surface area contributed by atoms with Crippen LogP contribution in [0, 0.1) is 0 Å². The van der Waals surface area contributed by atoms with Crippen molar-refractivity contribution in [3.63, 3.8) is 0 Å². The van der Waals surface area contributed by atoms with E-state index in [1.54, 1.807) is 0 Å². The number of morpholine rings is 1. The zero-order valence-corrected chi connectivity index (χ0v) is 14.3. The van der Waals surface area contributed by atoms with Gasteiger partial charge in [-0.1, -0.05) is 25.1 Å². The molecule has 0 bridgehead atoms. The Morgan fingerprint density at radius 3 is 2.48 bits per heavy atom. The van der Waals surface area contributed by atoms with Crippen LogP contribution in [0.5, 0.6) is 0 Å². The predicted octanol–water partition coefficient (Wildman–Crippen LogP) is 1.90. The van der Waals surface area contributed by atoms with E-state index in [0.29, 0.717) is 26.1 Å². The van der Waals surface area contributed by atoms with Gasteiger partial charge in [0.2, 0.25) is 5.91 Å². The fraction of sp³-hybridized carbons (Fsp3) is 0.611.